The lowest BCUT2D eigenvalue weighted by Gasteiger charge is -2.31. The van der Waals surface area contributed by atoms with E-state index in [0.717, 1.165) is 54.6 Å². The van der Waals surface area contributed by atoms with Crippen molar-refractivity contribution in [3.63, 3.8) is 0 Å². The molecule has 0 atom stereocenters. The zero-order chi connectivity index (χ0) is 21.5. The molecule has 0 saturated carbocycles. The van der Waals surface area contributed by atoms with Gasteiger partial charge in [-0.2, -0.15) is 0 Å². The van der Waals surface area contributed by atoms with Crippen molar-refractivity contribution in [1.82, 2.24) is 15.2 Å². The average Bonchev–Trinajstić information content (AvgIpc) is 3.15. The van der Waals surface area contributed by atoms with Gasteiger partial charge in [0.05, 0.1) is 10.7 Å². The third kappa shape index (κ3) is 6.27. The molecular formula is C23H33N3O3S. The van der Waals surface area contributed by atoms with Gasteiger partial charge >= 0.3 is 0 Å². The Hall–Kier alpha value is -1.96. The van der Waals surface area contributed by atoms with E-state index in [4.69, 9.17) is 9.47 Å². The summed E-state index contributed by atoms with van der Waals surface area (Å²) in [5.41, 5.74) is 1.82. The van der Waals surface area contributed by atoms with Gasteiger partial charge < -0.3 is 14.8 Å². The highest BCUT2D eigenvalue weighted by Crippen LogP contribution is 2.24. The van der Waals surface area contributed by atoms with Gasteiger partial charge in [-0.1, -0.05) is 26.0 Å². The molecule has 0 radical (unpaired) electrons. The summed E-state index contributed by atoms with van der Waals surface area (Å²) in [6.45, 7) is 9.76. The molecule has 1 fully saturated rings. The van der Waals surface area contributed by atoms with E-state index in [0.29, 0.717) is 30.0 Å². The highest BCUT2D eigenvalue weighted by molar-refractivity contribution is 7.13. The lowest BCUT2D eigenvalue weighted by Crippen LogP contribution is -2.38. The summed E-state index contributed by atoms with van der Waals surface area (Å²) in [6, 6.07) is 8.50. The molecule has 1 amide bonds. The molecule has 2 aromatic rings. The molecule has 1 aliphatic rings. The van der Waals surface area contributed by atoms with Crippen molar-refractivity contribution in [3.05, 3.63) is 45.4 Å². The van der Waals surface area contributed by atoms with Gasteiger partial charge in [-0.15, -0.1) is 11.3 Å². The molecule has 2 heterocycles. The van der Waals surface area contributed by atoms with Crippen molar-refractivity contribution in [1.29, 1.82) is 0 Å². The van der Waals surface area contributed by atoms with Crippen LogP contribution in [0, 0.1) is 6.92 Å². The Morgan fingerprint density at radius 2 is 2.13 bits per heavy atom. The van der Waals surface area contributed by atoms with E-state index in [9.17, 15) is 4.79 Å². The molecule has 0 bridgehead atoms. The van der Waals surface area contributed by atoms with E-state index < -0.39 is 0 Å². The molecular weight excluding hydrogens is 398 g/mol. The molecule has 1 aromatic carbocycles. The summed E-state index contributed by atoms with van der Waals surface area (Å²) in [4.78, 5) is 20.1. The molecule has 1 N–H and O–H groups in total. The quantitative estimate of drug-likeness (QED) is 0.650. The maximum absolute atomic E-state index is 12.6. The summed E-state index contributed by atoms with van der Waals surface area (Å²) >= 11 is 1.48. The van der Waals surface area contributed by atoms with Crippen molar-refractivity contribution >= 4 is 17.2 Å². The predicted octanol–water partition coefficient (Wildman–Crippen LogP) is 3.99. The minimum Gasteiger partial charge on any atom is -0.492 e. The maximum atomic E-state index is 12.6. The van der Waals surface area contributed by atoms with E-state index in [1.165, 1.54) is 11.3 Å². The molecule has 0 aliphatic carbocycles. The van der Waals surface area contributed by atoms with E-state index >= 15 is 0 Å². The van der Waals surface area contributed by atoms with E-state index in [2.05, 4.69) is 36.1 Å². The van der Waals surface area contributed by atoms with Crippen molar-refractivity contribution in [2.24, 2.45) is 0 Å². The molecule has 1 aromatic heterocycles. The van der Waals surface area contributed by atoms with Gasteiger partial charge in [0.25, 0.3) is 5.91 Å². The zero-order valence-corrected chi connectivity index (χ0v) is 19.3. The fraction of sp³-hybridized carbons (Fsp3) is 0.565. The van der Waals surface area contributed by atoms with Crippen LogP contribution in [0.25, 0.3) is 0 Å². The standard InChI is InChI=1S/C23H33N3O3S/c1-16(2)23-25-17(3)21(30-23)22(27)24-15-18-6-5-7-20(14-18)29-13-10-26(4)19-8-11-28-12-9-19/h5-7,14,16,19H,8-13,15H2,1-4H3,(H,24,27). The number of hydrogen-bond acceptors (Lipinski definition) is 6. The third-order valence-corrected chi connectivity index (χ3v) is 6.85. The number of ether oxygens (including phenoxy) is 2. The van der Waals surface area contributed by atoms with Gasteiger partial charge in [-0.25, -0.2) is 4.98 Å². The van der Waals surface area contributed by atoms with Crippen LogP contribution >= 0.6 is 11.3 Å². The number of carbonyl (C=O) groups is 1. The largest absolute Gasteiger partial charge is 0.492 e. The molecule has 0 spiro atoms. The molecule has 1 aliphatic heterocycles. The fourth-order valence-electron chi connectivity index (χ4n) is 3.50. The van der Waals surface area contributed by atoms with Crippen molar-refractivity contribution < 1.29 is 14.3 Å². The highest BCUT2D eigenvalue weighted by atomic mass is 32.1. The van der Waals surface area contributed by atoms with Crippen LogP contribution in [0.2, 0.25) is 0 Å². The van der Waals surface area contributed by atoms with Crippen LogP contribution in [-0.4, -0.2) is 55.2 Å². The monoisotopic (exact) mass is 431 g/mol. The van der Waals surface area contributed by atoms with Crippen LogP contribution in [0.1, 0.15) is 58.5 Å². The van der Waals surface area contributed by atoms with Gasteiger partial charge in [0.15, 0.2) is 0 Å². The van der Waals surface area contributed by atoms with Gasteiger partial charge in [-0.05, 0) is 44.5 Å². The van der Waals surface area contributed by atoms with Gasteiger partial charge in [0.2, 0.25) is 0 Å². The SMILES string of the molecule is Cc1nc(C(C)C)sc1C(=O)NCc1cccc(OCCN(C)C2CCOCC2)c1. The Morgan fingerprint density at radius 1 is 1.37 bits per heavy atom. The lowest BCUT2D eigenvalue weighted by atomic mass is 10.1. The Kier molecular flexibility index (Phi) is 8.24. The summed E-state index contributed by atoms with van der Waals surface area (Å²) in [7, 11) is 2.15. The number of carbonyl (C=O) groups excluding carboxylic acids is 1. The Balaban J connectivity index is 1.47. The van der Waals surface area contributed by atoms with Crippen LogP contribution in [0.15, 0.2) is 24.3 Å². The van der Waals surface area contributed by atoms with E-state index in [1.807, 2.05) is 31.2 Å². The number of aromatic nitrogens is 1. The predicted molar refractivity (Wildman–Crippen MR) is 121 cm³/mol. The number of benzene rings is 1. The van der Waals surface area contributed by atoms with Crippen LogP contribution in [0.5, 0.6) is 5.75 Å². The topological polar surface area (TPSA) is 63.7 Å². The number of hydrogen-bond donors (Lipinski definition) is 1. The molecule has 164 valence electrons. The van der Waals surface area contributed by atoms with Crippen molar-refractivity contribution in [2.75, 3.05) is 33.4 Å². The average molecular weight is 432 g/mol. The van der Waals surface area contributed by atoms with Crippen LogP contribution < -0.4 is 10.1 Å². The third-order valence-electron chi connectivity index (χ3n) is 5.39. The lowest BCUT2D eigenvalue weighted by molar-refractivity contribution is 0.0392. The number of thiazole rings is 1. The number of nitrogens with zero attached hydrogens (tertiary/aromatic N) is 2. The number of nitrogens with one attached hydrogen (secondary N) is 1. The molecule has 0 unspecified atom stereocenters. The smallest absolute Gasteiger partial charge is 0.263 e. The highest BCUT2D eigenvalue weighted by Gasteiger charge is 2.18. The second-order valence-electron chi connectivity index (χ2n) is 8.12. The summed E-state index contributed by atoms with van der Waals surface area (Å²) in [5.74, 6) is 1.09. The number of amides is 1. The van der Waals surface area contributed by atoms with Crippen molar-refractivity contribution in [3.8, 4) is 5.75 Å². The first-order valence-corrected chi connectivity index (χ1v) is 11.5. The van der Waals surface area contributed by atoms with Gasteiger partial charge in [0, 0.05) is 38.3 Å². The zero-order valence-electron chi connectivity index (χ0n) is 18.4. The van der Waals surface area contributed by atoms with Gasteiger partial charge in [0.1, 0.15) is 17.2 Å². The second kappa shape index (κ2) is 10.9. The summed E-state index contributed by atoms with van der Waals surface area (Å²) < 4.78 is 11.4. The van der Waals surface area contributed by atoms with Gasteiger partial charge in [-0.3, -0.25) is 9.69 Å². The molecule has 6 nitrogen and oxygen atoms in total. The first kappa shape index (κ1) is 22.7. The Bertz CT molecular complexity index is 831. The maximum Gasteiger partial charge on any atom is 0.263 e. The fourth-order valence-corrected chi connectivity index (χ4v) is 4.48. The molecule has 1 saturated heterocycles. The normalized spacial score (nSPS) is 15.0. The van der Waals surface area contributed by atoms with Crippen molar-refractivity contribution in [2.45, 2.75) is 52.1 Å². The minimum atomic E-state index is -0.0682. The van der Waals surface area contributed by atoms with E-state index in [1.54, 1.807) is 0 Å². The minimum absolute atomic E-state index is 0.0682. The van der Waals surface area contributed by atoms with Crippen LogP contribution in [-0.2, 0) is 11.3 Å². The van der Waals surface area contributed by atoms with Crippen LogP contribution in [0.3, 0.4) is 0 Å². The Labute approximate surface area is 183 Å². The first-order chi connectivity index (χ1) is 14.4. The van der Waals surface area contributed by atoms with E-state index in [-0.39, 0.29) is 5.91 Å². The molecule has 3 rings (SSSR count). The Morgan fingerprint density at radius 3 is 2.83 bits per heavy atom. The number of aryl methyl sites for hydroxylation is 1. The molecule has 30 heavy (non-hydrogen) atoms. The number of rotatable bonds is 9. The molecule has 7 heteroatoms. The summed E-state index contributed by atoms with van der Waals surface area (Å²) in [6.07, 6.45) is 2.17. The second-order valence-corrected chi connectivity index (χ2v) is 9.15. The van der Waals surface area contributed by atoms with Crippen LogP contribution in [0.4, 0.5) is 0 Å². The first-order valence-electron chi connectivity index (χ1n) is 10.7. The number of likely N-dealkylation sites (N-methyl/N-ethyl adjacent to an activating group) is 1. The summed E-state index contributed by atoms with van der Waals surface area (Å²) in [5, 5.41) is 4.01.